The number of rotatable bonds is 2. The zero-order chi connectivity index (χ0) is 10.9. The predicted octanol–water partition coefficient (Wildman–Crippen LogP) is 1.80. The fourth-order valence-electron chi connectivity index (χ4n) is 2.25. The second-order valence-electron chi connectivity index (χ2n) is 4.25. The van der Waals surface area contributed by atoms with Gasteiger partial charge in [0.25, 0.3) is 0 Å². The van der Waals surface area contributed by atoms with E-state index in [2.05, 4.69) is 12.2 Å². The summed E-state index contributed by atoms with van der Waals surface area (Å²) < 4.78 is 0. The molecule has 1 aliphatic heterocycles. The molecule has 1 aliphatic rings. The average molecular weight is 205 g/mol. The predicted molar refractivity (Wildman–Crippen MR) is 58.1 cm³/mol. The zero-order valence-corrected chi connectivity index (χ0v) is 8.79. The van der Waals surface area contributed by atoms with Crippen molar-refractivity contribution < 1.29 is 9.90 Å². The maximum absolute atomic E-state index is 10.9. The van der Waals surface area contributed by atoms with Crippen LogP contribution in [-0.2, 0) is 5.54 Å². The summed E-state index contributed by atoms with van der Waals surface area (Å²) in [5.74, 6) is 0.213. The second-order valence-corrected chi connectivity index (χ2v) is 4.25. The summed E-state index contributed by atoms with van der Waals surface area (Å²) in [6.07, 6.45) is 2.95. The number of carbonyl (C=O) groups is 1. The highest BCUT2D eigenvalue weighted by Crippen LogP contribution is 2.33. The lowest BCUT2D eigenvalue weighted by Crippen LogP contribution is -2.34. The quantitative estimate of drug-likeness (QED) is 0.724. The minimum atomic E-state index is -0.172. The molecule has 2 N–H and O–H groups in total. The molecule has 1 heterocycles. The first-order valence-electron chi connectivity index (χ1n) is 5.19. The summed E-state index contributed by atoms with van der Waals surface area (Å²) in [6.45, 7) is 3.03. The highest BCUT2D eigenvalue weighted by atomic mass is 16.3. The van der Waals surface area contributed by atoms with E-state index in [4.69, 9.17) is 0 Å². The van der Waals surface area contributed by atoms with Gasteiger partial charge in [-0.1, -0.05) is 0 Å². The topological polar surface area (TPSA) is 49.3 Å². The lowest BCUT2D eigenvalue weighted by atomic mass is 9.87. The first-order chi connectivity index (χ1) is 7.15. The molecule has 1 aromatic carbocycles. The molecule has 1 fully saturated rings. The van der Waals surface area contributed by atoms with Gasteiger partial charge >= 0.3 is 0 Å². The molecule has 1 atom stereocenters. The molecular weight excluding hydrogens is 190 g/mol. The molecule has 2 rings (SSSR count). The van der Waals surface area contributed by atoms with Crippen LogP contribution < -0.4 is 5.32 Å². The Balaban J connectivity index is 2.49. The number of hydrogen-bond donors (Lipinski definition) is 2. The largest absolute Gasteiger partial charge is 0.508 e. The molecule has 0 aliphatic carbocycles. The molecule has 1 aromatic rings. The van der Waals surface area contributed by atoms with Gasteiger partial charge in [0.05, 0.1) is 0 Å². The zero-order valence-electron chi connectivity index (χ0n) is 8.79. The van der Waals surface area contributed by atoms with Crippen molar-refractivity contribution in [2.24, 2.45) is 0 Å². The minimum absolute atomic E-state index is 0.172. The summed E-state index contributed by atoms with van der Waals surface area (Å²) >= 11 is 0. The number of benzene rings is 1. The first-order valence-corrected chi connectivity index (χ1v) is 5.19. The van der Waals surface area contributed by atoms with E-state index in [0.29, 0.717) is 5.56 Å². The van der Waals surface area contributed by atoms with Gasteiger partial charge in [-0.05, 0) is 50.1 Å². The minimum Gasteiger partial charge on any atom is -0.508 e. The molecule has 0 saturated carbocycles. The number of phenols is 1. The molecule has 0 spiro atoms. The van der Waals surface area contributed by atoms with E-state index >= 15 is 0 Å². The molecule has 3 heteroatoms. The molecule has 3 nitrogen and oxygen atoms in total. The Kier molecular flexibility index (Phi) is 2.49. The molecule has 1 unspecified atom stereocenters. The number of phenolic OH excluding ortho intramolecular Hbond substituents is 1. The molecule has 0 radical (unpaired) electrons. The van der Waals surface area contributed by atoms with E-state index in [1.54, 1.807) is 18.2 Å². The Morgan fingerprint density at radius 1 is 1.53 bits per heavy atom. The van der Waals surface area contributed by atoms with Crippen molar-refractivity contribution in [1.29, 1.82) is 0 Å². The van der Waals surface area contributed by atoms with Gasteiger partial charge in [0.15, 0.2) is 0 Å². The molecule has 0 bridgehead atoms. The highest BCUT2D eigenvalue weighted by Gasteiger charge is 2.32. The fraction of sp³-hybridized carbons (Fsp3) is 0.417. The maximum Gasteiger partial charge on any atom is 0.150 e. The summed E-state index contributed by atoms with van der Waals surface area (Å²) in [5, 5.41) is 12.8. The van der Waals surface area contributed by atoms with Gasteiger partial charge in [-0.25, -0.2) is 0 Å². The number of aldehydes is 1. The van der Waals surface area contributed by atoms with Crippen LogP contribution in [0.4, 0.5) is 0 Å². The monoisotopic (exact) mass is 205 g/mol. The van der Waals surface area contributed by atoms with Crippen LogP contribution in [0, 0.1) is 0 Å². The lowest BCUT2D eigenvalue weighted by Gasteiger charge is -2.26. The SMILES string of the molecule is CC1(c2cc(O)ccc2C=O)CCCN1. The van der Waals surface area contributed by atoms with Gasteiger partial charge in [-0.3, -0.25) is 4.79 Å². The normalized spacial score (nSPS) is 25.4. The Morgan fingerprint density at radius 3 is 2.93 bits per heavy atom. The number of nitrogens with one attached hydrogen (secondary N) is 1. The summed E-state index contributed by atoms with van der Waals surface area (Å²) in [7, 11) is 0. The Morgan fingerprint density at radius 2 is 2.33 bits per heavy atom. The van der Waals surface area contributed by atoms with Crippen LogP contribution in [0.5, 0.6) is 5.75 Å². The Bertz CT molecular complexity index is 381. The van der Waals surface area contributed by atoms with Gasteiger partial charge in [-0.15, -0.1) is 0 Å². The Hall–Kier alpha value is -1.35. The van der Waals surface area contributed by atoms with E-state index < -0.39 is 0 Å². The third kappa shape index (κ3) is 1.75. The van der Waals surface area contributed by atoms with Crippen molar-refractivity contribution in [2.45, 2.75) is 25.3 Å². The van der Waals surface area contributed by atoms with E-state index in [1.807, 2.05) is 0 Å². The fourth-order valence-corrected chi connectivity index (χ4v) is 2.25. The van der Waals surface area contributed by atoms with Crippen LogP contribution in [0.15, 0.2) is 18.2 Å². The molecule has 1 saturated heterocycles. The second kappa shape index (κ2) is 3.66. The van der Waals surface area contributed by atoms with Crippen molar-refractivity contribution in [2.75, 3.05) is 6.54 Å². The van der Waals surface area contributed by atoms with Crippen molar-refractivity contribution >= 4 is 6.29 Å². The van der Waals surface area contributed by atoms with Crippen molar-refractivity contribution in [3.63, 3.8) is 0 Å². The van der Waals surface area contributed by atoms with Crippen LogP contribution in [0.3, 0.4) is 0 Å². The standard InChI is InChI=1S/C12H15NO2/c1-12(5-2-6-13-12)11-7-10(15)4-3-9(11)8-14/h3-4,7-8,13,15H,2,5-6H2,1H3. The summed E-state index contributed by atoms with van der Waals surface area (Å²) in [4.78, 5) is 10.9. The van der Waals surface area contributed by atoms with E-state index in [1.165, 1.54) is 0 Å². The molecular formula is C12H15NO2. The van der Waals surface area contributed by atoms with E-state index in [-0.39, 0.29) is 11.3 Å². The first kappa shape index (κ1) is 10.2. The lowest BCUT2D eigenvalue weighted by molar-refractivity contribution is 0.112. The average Bonchev–Trinajstić information content (AvgIpc) is 2.66. The molecule has 80 valence electrons. The van der Waals surface area contributed by atoms with Crippen molar-refractivity contribution in [3.05, 3.63) is 29.3 Å². The molecule has 0 aromatic heterocycles. The molecule has 15 heavy (non-hydrogen) atoms. The van der Waals surface area contributed by atoms with E-state index in [0.717, 1.165) is 31.2 Å². The smallest absolute Gasteiger partial charge is 0.150 e. The van der Waals surface area contributed by atoms with Gasteiger partial charge in [0.1, 0.15) is 12.0 Å². The number of aromatic hydroxyl groups is 1. The third-order valence-corrected chi connectivity index (χ3v) is 3.13. The van der Waals surface area contributed by atoms with Crippen molar-refractivity contribution in [1.82, 2.24) is 5.32 Å². The maximum atomic E-state index is 10.9. The third-order valence-electron chi connectivity index (χ3n) is 3.13. The molecule has 0 amide bonds. The van der Waals surface area contributed by atoms with Crippen LogP contribution in [-0.4, -0.2) is 17.9 Å². The van der Waals surface area contributed by atoms with Crippen LogP contribution in [0.25, 0.3) is 0 Å². The van der Waals surface area contributed by atoms with Gasteiger partial charge < -0.3 is 10.4 Å². The van der Waals surface area contributed by atoms with Gasteiger partial charge in [0.2, 0.25) is 0 Å². The van der Waals surface area contributed by atoms with Crippen molar-refractivity contribution in [3.8, 4) is 5.75 Å². The highest BCUT2D eigenvalue weighted by molar-refractivity contribution is 5.78. The van der Waals surface area contributed by atoms with Crippen LogP contribution in [0.1, 0.15) is 35.7 Å². The van der Waals surface area contributed by atoms with E-state index in [9.17, 15) is 9.90 Å². The number of hydrogen-bond acceptors (Lipinski definition) is 3. The number of carbonyl (C=O) groups excluding carboxylic acids is 1. The van der Waals surface area contributed by atoms with Crippen LogP contribution in [0.2, 0.25) is 0 Å². The summed E-state index contributed by atoms with van der Waals surface area (Å²) in [5.41, 5.74) is 1.38. The Labute approximate surface area is 89.1 Å². The van der Waals surface area contributed by atoms with Crippen LogP contribution >= 0.6 is 0 Å². The van der Waals surface area contributed by atoms with Gasteiger partial charge in [-0.2, -0.15) is 0 Å². The van der Waals surface area contributed by atoms with Gasteiger partial charge in [0, 0.05) is 11.1 Å². The summed E-state index contributed by atoms with van der Waals surface area (Å²) in [6, 6.07) is 4.90.